The summed E-state index contributed by atoms with van der Waals surface area (Å²) >= 11 is 0. The number of carbonyl (C=O) groups is 1. The Morgan fingerprint density at radius 3 is 2.07 bits per heavy atom. The number of nitrogens with zero attached hydrogens (tertiary/aromatic N) is 2. The summed E-state index contributed by atoms with van der Waals surface area (Å²) in [5.74, 6) is 0.428. The van der Waals surface area contributed by atoms with E-state index in [0.717, 1.165) is 65.3 Å². The van der Waals surface area contributed by atoms with Gasteiger partial charge in [0.2, 0.25) is 0 Å². The molecule has 4 nitrogen and oxygen atoms in total. The molecule has 0 N–H and O–H groups in total. The van der Waals surface area contributed by atoms with Crippen LogP contribution in [0.5, 0.6) is 0 Å². The van der Waals surface area contributed by atoms with Crippen molar-refractivity contribution < 1.29 is 9.53 Å². The number of morpholine rings is 1. The molecule has 0 aromatic carbocycles. The van der Waals surface area contributed by atoms with Crippen LogP contribution in [0.4, 0.5) is 0 Å². The molecular weight excluding hydrogens is 192 g/mol. The summed E-state index contributed by atoms with van der Waals surface area (Å²) in [6.45, 7) is 8.02. The molecule has 0 aliphatic carbocycles. The Morgan fingerprint density at radius 2 is 1.47 bits per heavy atom. The smallest absolute Gasteiger partial charge is 0.135 e. The van der Waals surface area contributed by atoms with Gasteiger partial charge in [0.25, 0.3) is 0 Å². The molecule has 0 atom stereocenters. The van der Waals surface area contributed by atoms with Crippen molar-refractivity contribution in [2.75, 3.05) is 52.5 Å². The van der Waals surface area contributed by atoms with Gasteiger partial charge in [0.1, 0.15) is 5.78 Å². The molecule has 15 heavy (non-hydrogen) atoms. The molecule has 2 heterocycles. The number of ether oxygens (including phenoxy) is 1. The summed E-state index contributed by atoms with van der Waals surface area (Å²) in [5.41, 5.74) is 0. The molecule has 86 valence electrons. The molecule has 0 saturated carbocycles. The normalized spacial score (nSPS) is 25.7. The number of carbonyl (C=O) groups excluding carboxylic acids is 1. The zero-order valence-electron chi connectivity index (χ0n) is 9.28. The van der Waals surface area contributed by atoms with Crippen LogP contribution in [0.15, 0.2) is 0 Å². The number of hydrogen-bond donors (Lipinski definition) is 0. The van der Waals surface area contributed by atoms with Crippen LogP contribution in [0.1, 0.15) is 12.8 Å². The zero-order valence-corrected chi connectivity index (χ0v) is 9.28. The van der Waals surface area contributed by atoms with Gasteiger partial charge in [0.05, 0.1) is 13.2 Å². The number of hydrogen-bond acceptors (Lipinski definition) is 4. The van der Waals surface area contributed by atoms with Gasteiger partial charge in [0.15, 0.2) is 0 Å². The number of likely N-dealkylation sites (tertiary alicyclic amines) is 1. The average molecular weight is 212 g/mol. The van der Waals surface area contributed by atoms with Gasteiger partial charge in [-0.1, -0.05) is 0 Å². The molecule has 2 aliphatic rings. The molecule has 4 heteroatoms. The Labute approximate surface area is 91.2 Å². The first-order chi connectivity index (χ1) is 7.34. The van der Waals surface area contributed by atoms with Crippen LogP contribution < -0.4 is 0 Å². The van der Waals surface area contributed by atoms with Gasteiger partial charge < -0.3 is 9.64 Å². The highest BCUT2D eigenvalue weighted by Gasteiger charge is 2.17. The van der Waals surface area contributed by atoms with Crippen molar-refractivity contribution in [3.8, 4) is 0 Å². The topological polar surface area (TPSA) is 32.8 Å². The fourth-order valence-corrected chi connectivity index (χ4v) is 2.13. The van der Waals surface area contributed by atoms with Gasteiger partial charge in [-0.25, -0.2) is 0 Å². The van der Waals surface area contributed by atoms with Crippen molar-refractivity contribution in [2.45, 2.75) is 12.8 Å². The standard InChI is InChI=1S/C11H20N2O2/c14-11-1-3-12(4-2-11)5-6-13-7-9-15-10-8-13/h1-10H2. The Morgan fingerprint density at radius 1 is 0.933 bits per heavy atom. The summed E-state index contributed by atoms with van der Waals surface area (Å²) in [6, 6.07) is 0. The SMILES string of the molecule is O=C1CCN(CCN2CCOCC2)CC1. The molecule has 2 fully saturated rings. The third-order valence-corrected chi connectivity index (χ3v) is 3.25. The van der Waals surface area contributed by atoms with E-state index in [1.807, 2.05) is 0 Å². The maximum Gasteiger partial charge on any atom is 0.135 e. The van der Waals surface area contributed by atoms with Crippen molar-refractivity contribution in [3.63, 3.8) is 0 Å². The fourth-order valence-electron chi connectivity index (χ4n) is 2.13. The van der Waals surface area contributed by atoms with Crippen molar-refractivity contribution >= 4 is 5.78 Å². The van der Waals surface area contributed by atoms with Gasteiger partial charge in [-0.2, -0.15) is 0 Å². The van der Waals surface area contributed by atoms with Crippen molar-refractivity contribution in [3.05, 3.63) is 0 Å². The molecule has 0 radical (unpaired) electrons. The lowest BCUT2D eigenvalue weighted by Gasteiger charge is -2.31. The maximum atomic E-state index is 11.1. The second-order valence-electron chi connectivity index (χ2n) is 4.33. The molecular formula is C11H20N2O2. The molecule has 2 aliphatic heterocycles. The molecule has 0 aromatic rings. The van der Waals surface area contributed by atoms with Crippen LogP contribution in [0, 0.1) is 0 Å². The third-order valence-electron chi connectivity index (χ3n) is 3.25. The largest absolute Gasteiger partial charge is 0.379 e. The predicted octanol–water partition coefficient (Wildman–Crippen LogP) is -0.0165. The highest BCUT2D eigenvalue weighted by atomic mass is 16.5. The number of rotatable bonds is 3. The van der Waals surface area contributed by atoms with E-state index in [4.69, 9.17) is 4.74 Å². The van der Waals surface area contributed by atoms with E-state index in [0.29, 0.717) is 5.78 Å². The second-order valence-corrected chi connectivity index (χ2v) is 4.33. The van der Waals surface area contributed by atoms with E-state index in [1.165, 1.54) is 0 Å². The quantitative estimate of drug-likeness (QED) is 0.658. The molecule has 2 saturated heterocycles. The summed E-state index contributed by atoms with van der Waals surface area (Å²) in [4.78, 5) is 15.9. The zero-order chi connectivity index (χ0) is 10.5. The van der Waals surface area contributed by atoms with E-state index in [-0.39, 0.29) is 0 Å². The van der Waals surface area contributed by atoms with Gasteiger partial charge in [-0.3, -0.25) is 9.69 Å². The Bertz CT molecular complexity index is 205. The van der Waals surface area contributed by atoms with Gasteiger partial charge in [0, 0.05) is 52.1 Å². The molecule has 0 bridgehead atoms. The van der Waals surface area contributed by atoms with Gasteiger partial charge in [-0.15, -0.1) is 0 Å². The monoisotopic (exact) mass is 212 g/mol. The summed E-state index contributed by atoms with van der Waals surface area (Å²) < 4.78 is 5.31. The van der Waals surface area contributed by atoms with E-state index in [9.17, 15) is 4.79 Å². The number of ketones is 1. The van der Waals surface area contributed by atoms with E-state index < -0.39 is 0 Å². The number of piperidine rings is 1. The Kier molecular flexibility index (Phi) is 4.11. The molecule has 0 aromatic heterocycles. The minimum absolute atomic E-state index is 0.428. The summed E-state index contributed by atoms with van der Waals surface area (Å²) in [6.07, 6.45) is 1.51. The lowest BCUT2D eigenvalue weighted by atomic mass is 10.1. The number of Topliss-reactive ketones (excluding diaryl/α,β-unsaturated/α-hetero) is 1. The fraction of sp³-hybridized carbons (Fsp3) is 0.909. The minimum Gasteiger partial charge on any atom is -0.379 e. The Hall–Kier alpha value is -0.450. The lowest BCUT2D eigenvalue weighted by molar-refractivity contribution is -0.121. The molecule has 2 rings (SSSR count). The minimum atomic E-state index is 0.428. The van der Waals surface area contributed by atoms with Crippen LogP contribution in [0.3, 0.4) is 0 Å². The van der Waals surface area contributed by atoms with Crippen LogP contribution in [0.2, 0.25) is 0 Å². The molecule has 0 unspecified atom stereocenters. The first-order valence-corrected chi connectivity index (χ1v) is 5.89. The molecule has 0 spiro atoms. The Balaban J connectivity index is 1.62. The second kappa shape index (κ2) is 5.58. The van der Waals surface area contributed by atoms with Crippen molar-refractivity contribution in [1.82, 2.24) is 9.80 Å². The third kappa shape index (κ3) is 3.55. The van der Waals surface area contributed by atoms with E-state index in [1.54, 1.807) is 0 Å². The van der Waals surface area contributed by atoms with Crippen LogP contribution in [-0.4, -0.2) is 68.1 Å². The van der Waals surface area contributed by atoms with E-state index in [2.05, 4.69) is 9.80 Å². The first-order valence-electron chi connectivity index (χ1n) is 5.89. The van der Waals surface area contributed by atoms with E-state index >= 15 is 0 Å². The van der Waals surface area contributed by atoms with Crippen molar-refractivity contribution in [2.24, 2.45) is 0 Å². The van der Waals surface area contributed by atoms with Gasteiger partial charge in [-0.05, 0) is 0 Å². The predicted molar refractivity (Wildman–Crippen MR) is 57.9 cm³/mol. The summed E-state index contributed by atoms with van der Waals surface area (Å²) in [5, 5.41) is 0. The summed E-state index contributed by atoms with van der Waals surface area (Å²) in [7, 11) is 0. The highest BCUT2D eigenvalue weighted by Crippen LogP contribution is 2.05. The first kappa shape index (κ1) is 11.0. The lowest BCUT2D eigenvalue weighted by Crippen LogP contribution is -2.43. The van der Waals surface area contributed by atoms with Crippen LogP contribution in [0.25, 0.3) is 0 Å². The van der Waals surface area contributed by atoms with Gasteiger partial charge >= 0.3 is 0 Å². The molecule has 0 amide bonds. The highest BCUT2D eigenvalue weighted by molar-refractivity contribution is 5.79. The van der Waals surface area contributed by atoms with Crippen LogP contribution in [-0.2, 0) is 9.53 Å². The maximum absolute atomic E-state index is 11.1. The van der Waals surface area contributed by atoms with Crippen molar-refractivity contribution in [1.29, 1.82) is 0 Å². The van der Waals surface area contributed by atoms with Crippen LogP contribution >= 0.6 is 0 Å². The average Bonchev–Trinajstić information content (AvgIpc) is 2.30.